The number of nitrogens with one attached hydrogen (secondary N) is 1. The molecule has 2 aromatic carbocycles. The van der Waals surface area contributed by atoms with Crippen molar-refractivity contribution in [3.8, 4) is 0 Å². The van der Waals surface area contributed by atoms with Crippen LogP contribution < -0.4 is 5.56 Å². The van der Waals surface area contributed by atoms with Gasteiger partial charge in [-0.25, -0.2) is 0 Å². The quantitative estimate of drug-likeness (QED) is 0.738. The summed E-state index contributed by atoms with van der Waals surface area (Å²) in [5.74, 6) is -0.667. The topological polar surface area (TPSA) is 70.2 Å². The fourth-order valence-electron chi connectivity index (χ4n) is 2.90. The van der Waals surface area contributed by atoms with E-state index in [1.165, 1.54) is 0 Å². The van der Waals surface area contributed by atoms with Crippen molar-refractivity contribution in [1.82, 2.24) is 9.88 Å². The molecule has 0 unspecified atom stereocenters. The van der Waals surface area contributed by atoms with Gasteiger partial charge in [0.1, 0.15) is 0 Å². The van der Waals surface area contributed by atoms with Crippen LogP contribution in [0.3, 0.4) is 0 Å². The Morgan fingerprint density at radius 1 is 0.833 bits per heavy atom. The zero-order valence-electron chi connectivity index (χ0n) is 12.1. The van der Waals surface area contributed by atoms with Crippen LogP contribution in [0.15, 0.2) is 59.4 Å². The van der Waals surface area contributed by atoms with E-state index in [0.29, 0.717) is 22.2 Å². The van der Waals surface area contributed by atoms with Gasteiger partial charge in [0.25, 0.3) is 17.4 Å². The first-order valence-electron chi connectivity index (χ1n) is 7.21. The molecule has 1 aliphatic heterocycles. The predicted molar refractivity (Wildman–Crippen MR) is 91.9 cm³/mol. The Morgan fingerprint density at radius 3 is 2.08 bits per heavy atom. The van der Waals surface area contributed by atoms with Crippen molar-refractivity contribution in [2.24, 2.45) is 0 Å². The molecule has 0 saturated carbocycles. The maximum Gasteiger partial charge on any atom is 0.261 e. The third kappa shape index (κ3) is 2.31. The van der Waals surface area contributed by atoms with Crippen molar-refractivity contribution < 1.29 is 9.59 Å². The summed E-state index contributed by atoms with van der Waals surface area (Å²) in [6.07, 6.45) is 0. The van der Waals surface area contributed by atoms with Gasteiger partial charge in [0.05, 0.1) is 17.7 Å². The van der Waals surface area contributed by atoms with E-state index in [1.54, 1.807) is 42.5 Å². The van der Waals surface area contributed by atoms with Gasteiger partial charge in [0.15, 0.2) is 0 Å². The number of carbonyl (C=O) groups is 2. The van der Waals surface area contributed by atoms with Crippen LogP contribution in [0.4, 0.5) is 0 Å². The molecule has 0 spiro atoms. The molecule has 0 radical (unpaired) electrons. The lowest BCUT2D eigenvalue weighted by atomic mass is 10.1. The number of rotatable bonds is 2. The third-order valence-electron chi connectivity index (χ3n) is 4.02. The molecular weight excluding hydrogens is 304 g/mol. The van der Waals surface area contributed by atoms with Gasteiger partial charge in [-0.3, -0.25) is 19.3 Å². The molecule has 0 fully saturated rings. The summed E-state index contributed by atoms with van der Waals surface area (Å²) in [7, 11) is 0. The summed E-state index contributed by atoms with van der Waals surface area (Å²) in [6.45, 7) is 0.0480. The summed E-state index contributed by atoms with van der Waals surface area (Å²) in [6, 6.07) is 15.7. The van der Waals surface area contributed by atoms with E-state index in [4.69, 9.17) is 0 Å². The third-order valence-corrected chi connectivity index (χ3v) is 4.02. The smallest absolute Gasteiger partial charge is 0.261 e. The Balaban J connectivity index is 0.00000169. The number of nitrogens with zero attached hydrogens (tertiary/aromatic N) is 1. The fraction of sp³-hybridized carbons (Fsp3) is 0.105. The van der Waals surface area contributed by atoms with E-state index in [9.17, 15) is 14.4 Å². The molecule has 0 aliphatic carbocycles. The van der Waals surface area contributed by atoms with Crippen LogP contribution >= 0.6 is 0 Å². The van der Waals surface area contributed by atoms with E-state index in [1.807, 2.05) is 12.1 Å². The number of aromatic amines is 1. The minimum Gasteiger partial charge on any atom is -0.324 e. The van der Waals surface area contributed by atoms with Crippen LogP contribution in [0, 0.1) is 0 Å². The molecule has 5 nitrogen and oxygen atoms in total. The highest BCUT2D eigenvalue weighted by Gasteiger charge is 2.35. The minimum absolute atomic E-state index is 0. The van der Waals surface area contributed by atoms with Gasteiger partial charge in [-0.15, -0.1) is 0 Å². The van der Waals surface area contributed by atoms with Gasteiger partial charge in [-0.05, 0) is 29.7 Å². The van der Waals surface area contributed by atoms with Gasteiger partial charge in [0.2, 0.25) is 0 Å². The first-order chi connectivity index (χ1) is 11.1. The summed E-state index contributed by atoms with van der Waals surface area (Å²) in [5.41, 5.74) is 1.11. The molecule has 5 heteroatoms. The predicted octanol–water partition coefficient (Wildman–Crippen LogP) is 2.96. The summed E-state index contributed by atoms with van der Waals surface area (Å²) in [4.78, 5) is 40.8. The van der Waals surface area contributed by atoms with Crippen molar-refractivity contribution in [2.75, 3.05) is 0 Å². The number of hydrogen-bond acceptors (Lipinski definition) is 3. The second-order valence-corrected chi connectivity index (χ2v) is 5.45. The summed E-state index contributed by atoms with van der Waals surface area (Å²) >= 11 is 0. The molecule has 1 aliphatic rings. The summed E-state index contributed by atoms with van der Waals surface area (Å²) in [5, 5.41) is 1.36. The zero-order valence-corrected chi connectivity index (χ0v) is 12.1. The lowest BCUT2D eigenvalue weighted by Crippen LogP contribution is -2.30. The highest BCUT2D eigenvalue weighted by Crippen LogP contribution is 2.24. The maximum absolute atomic E-state index is 12.4. The lowest BCUT2D eigenvalue weighted by Gasteiger charge is -2.14. The van der Waals surface area contributed by atoms with Crippen LogP contribution in [0.2, 0.25) is 0 Å². The van der Waals surface area contributed by atoms with Crippen molar-refractivity contribution in [1.29, 1.82) is 0 Å². The molecule has 4 rings (SSSR count). The largest absolute Gasteiger partial charge is 0.324 e. The van der Waals surface area contributed by atoms with Gasteiger partial charge >= 0.3 is 0 Å². The fourth-order valence-corrected chi connectivity index (χ4v) is 2.90. The maximum atomic E-state index is 12.4. The SMILES string of the molecule is C.O=C1c2ccccc2C(=O)N1Cc1cc2ccccc2c(=O)[nH]1. The molecule has 1 N–H and O–H groups in total. The molecule has 3 aromatic rings. The first-order valence-corrected chi connectivity index (χ1v) is 7.21. The molecule has 24 heavy (non-hydrogen) atoms. The molecule has 2 amide bonds. The molecule has 0 bridgehead atoms. The highest BCUT2D eigenvalue weighted by atomic mass is 16.2. The number of aromatic nitrogens is 1. The van der Waals surface area contributed by atoms with E-state index in [0.717, 1.165) is 10.3 Å². The average Bonchev–Trinajstić information content (AvgIpc) is 2.81. The number of imide groups is 1. The minimum atomic E-state index is -0.334. The van der Waals surface area contributed by atoms with E-state index in [-0.39, 0.29) is 31.3 Å². The van der Waals surface area contributed by atoms with Crippen molar-refractivity contribution >= 4 is 22.6 Å². The molecule has 1 aromatic heterocycles. The summed E-state index contributed by atoms with van der Waals surface area (Å²) < 4.78 is 0. The molecule has 0 atom stereocenters. The van der Waals surface area contributed by atoms with E-state index >= 15 is 0 Å². The number of pyridine rings is 1. The molecular formula is C19H16N2O3. The van der Waals surface area contributed by atoms with Gasteiger partial charge in [0, 0.05) is 11.1 Å². The van der Waals surface area contributed by atoms with E-state index in [2.05, 4.69) is 4.98 Å². The number of H-pyrrole nitrogens is 1. The standard InChI is InChI=1S/C18H12N2O3.CH4/c21-16-13-6-2-1-5-11(13)9-12(19-16)10-20-17(22)14-7-3-4-8-15(14)18(20)23;/h1-9H,10H2,(H,19,21);1H4. The van der Waals surface area contributed by atoms with Crippen molar-refractivity contribution in [3.05, 3.63) is 81.8 Å². The molecule has 2 heterocycles. The number of fused-ring (bicyclic) bond motifs is 2. The highest BCUT2D eigenvalue weighted by molar-refractivity contribution is 6.21. The Morgan fingerprint density at radius 2 is 1.42 bits per heavy atom. The Labute approximate surface area is 138 Å². The monoisotopic (exact) mass is 320 g/mol. The van der Waals surface area contributed by atoms with Crippen LogP contribution in [0.5, 0.6) is 0 Å². The number of hydrogen-bond donors (Lipinski definition) is 1. The second-order valence-electron chi connectivity index (χ2n) is 5.45. The van der Waals surface area contributed by atoms with E-state index < -0.39 is 0 Å². The Kier molecular flexibility index (Phi) is 3.77. The number of amides is 2. The van der Waals surface area contributed by atoms with Crippen molar-refractivity contribution in [2.45, 2.75) is 14.0 Å². The second kappa shape index (κ2) is 5.77. The van der Waals surface area contributed by atoms with Gasteiger partial charge < -0.3 is 4.98 Å². The Bertz CT molecular complexity index is 985. The zero-order chi connectivity index (χ0) is 16.0. The average molecular weight is 320 g/mol. The van der Waals surface area contributed by atoms with Gasteiger partial charge in [-0.1, -0.05) is 37.8 Å². The molecule has 0 saturated heterocycles. The van der Waals surface area contributed by atoms with Gasteiger partial charge in [-0.2, -0.15) is 0 Å². The normalized spacial score (nSPS) is 13.1. The Hall–Kier alpha value is -3.21. The van der Waals surface area contributed by atoms with Crippen LogP contribution in [0.25, 0.3) is 10.8 Å². The van der Waals surface area contributed by atoms with Crippen LogP contribution in [0.1, 0.15) is 33.8 Å². The van der Waals surface area contributed by atoms with Crippen LogP contribution in [-0.2, 0) is 6.54 Å². The number of benzene rings is 2. The van der Waals surface area contributed by atoms with Crippen molar-refractivity contribution in [3.63, 3.8) is 0 Å². The van der Waals surface area contributed by atoms with Crippen LogP contribution in [-0.4, -0.2) is 21.7 Å². The lowest BCUT2D eigenvalue weighted by molar-refractivity contribution is 0.0640. The number of carbonyl (C=O) groups excluding carboxylic acids is 2. The first kappa shape index (κ1) is 15.7. The molecule has 120 valence electrons.